The van der Waals surface area contributed by atoms with Gasteiger partial charge in [-0.1, -0.05) is 0 Å². The molecule has 0 aromatic heterocycles. The number of nitrogens with one attached hydrogen (secondary N) is 1. The van der Waals surface area contributed by atoms with Crippen LogP contribution in [-0.2, 0) is 0 Å². The van der Waals surface area contributed by atoms with E-state index in [1.165, 1.54) is 18.2 Å². The van der Waals surface area contributed by atoms with Gasteiger partial charge in [-0.05, 0) is 18.2 Å². The Labute approximate surface area is 104 Å². The van der Waals surface area contributed by atoms with Gasteiger partial charge in [0.2, 0.25) is 0 Å². The molecule has 2 rings (SSSR count). The molecule has 1 heterocycles. The fraction of sp³-hybridized carbons (Fsp3) is 0.333. The van der Waals surface area contributed by atoms with Gasteiger partial charge < -0.3 is 20.4 Å². The molecule has 1 aliphatic heterocycles. The number of benzene rings is 1. The van der Waals surface area contributed by atoms with Crippen molar-refractivity contribution in [1.82, 2.24) is 5.32 Å². The van der Waals surface area contributed by atoms with E-state index in [1.54, 1.807) is 0 Å². The maximum Gasteiger partial charge on any atom is 0.337 e. The predicted octanol–water partition coefficient (Wildman–Crippen LogP) is 0.493. The topological polar surface area (TPSA) is 89.9 Å². The zero-order valence-electron chi connectivity index (χ0n) is 9.72. The molecular weight excluding hydrogens is 236 g/mol. The van der Waals surface area contributed by atoms with Crippen molar-refractivity contribution in [3.63, 3.8) is 0 Å². The average molecular weight is 250 g/mol. The minimum atomic E-state index is -1.05. The highest BCUT2D eigenvalue weighted by molar-refractivity contribution is 5.97. The lowest BCUT2D eigenvalue weighted by atomic mass is 10.1. The zero-order chi connectivity index (χ0) is 13.1. The number of aromatic carboxylic acids is 2. The number of rotatable bonds is 3. The molecule has 0 amide bonds. The van der Waals surface area contributed by atoms with Crippen LogP contribution in [0, 0.1) is 0 Å². The summed E-state index contributed by atoms with van der Waals surface area (Å²) in [7, 11) is 0. The molecule has 1 fully saturated rings. The van der Waals surface area contributed by atoms with Gasteiger partial charge in [-0.3, -0.25) is 0 Å². The van der Waals surface area contributed by atoms with E-state index < -0.39 is 11.9 Å². The Bertz CT molecular complexity index is 481. The molecule has 96 valence electrons. The van der Waals surface area contributed by atoms with Crippen LogP contribution >= 0.6 is 0 Å². The monoisotopic (exact) mass is 250 g/mol. The first-order valence-electron chi connectivity index (χ1n) is 5.66. The summed E-state index contributed by atoms with van der Waals surface area (Å²) in [6, 6.07) is 4.09. The van der Waals surface area contributed by atoms with E-state index in [0.29, 0.717) is 18.8 Å². The third-order valence-corrected chi connectivity index (χ3v) is 2.93. The smallest absolute Gasteiger partial charge is 0.337 e. The number of carboxylic acid groups (broad SMARTS) is 2. The Morgan fingerprint density at radius 1 is 1.11 bits per heavy atom. The van der Waals surface area contributed by atoms with E-state index in [2.05, 4.69) is 5.32 Å². The van der Waals surface area contributed by atoms with Gasteiger partial charge in [0.05, 0.1) is 16.8 Å². The summed E-state index contributed by atoms with van der Waals surface area (Å²) in [5, 5.41) is 21.3. The summed E-state index contributed by atoms with van der Waals surface area (Å²) in [5.41, 5.74) is 0.722. The fourth-order valence-corrected chi connectivity index (χ4v) is 2.01. The highest BCUT2D eigenvalue weighted by Crippen LogP contribution is 2.23. The van der Waals surface area contributed by atoms with Crippen LogP contribution in [0.4, 0.5) is 5.69 Å². The van der Waals surface area contributed by atoms with Crippen LogP contribution in [0.5, 0.6) is 0 Å². The van der Waals surface area contributed by atoms with Gasteiger partial charge >= 0.3 is 11.9 Å². The van der Waals surface area contributed by atoms with Gasteiger partial charge in [0, 0.05) is 26.2 Å². The first-order valence-corrected chi connectivity index (χ1v) is 5.66. The van der Waals surface area contributed by atoms with Crippen molar-refractivity contribution in [3.8, 4) is 0 Å². The molecule has 0 bridgehead atoms. The molecule has 1 aromatic rings. The Morgan fingerprint density at radius 2 is 1.78 bits per heavy atom. The lowest BCUT2D eigenvalue weighted by Crippen LogP contribution is -2.44. The van der Waals surface area contributed by atoms with Gasteiger partial charge in [0.1, 0.15) is 0 Å². The Balaban J connectivity index is 2.42. The fourth-order valence-electron chi connectivity index (χ4n) is 2.01. The second-order valence-electron chi connectivity index (χ2n) is 4.08. The molecule has 1 aliphatic rings. The predicted molar refractivity (Wildman–Crippen MR) is 65.4 cm³/mol. The molecule has 0 radical (unpaired) electrons. The SMILES string of the molecule is O=C(O)c1ccc(C(=O)O)c(N2CCNCC2)c1. The number of carbonyl (C=O) groups is 2. The summed E-state index contributed by atoms with van der Waals surface area (Å²) >= 11 is 0. The molecular formula is C12H14N2O4. The standard InChI is InChI=1S/C12H14N2O4/c15-11(16)8-1-2-9(12(17)18)10(7-8)14-5-3-13-4-6-14/h1-2,7,13H,3-6H2,(H,15,16)(H,17,18). The van der Waals surface area contributed by atoms with E-state index >= 15 is 0 Å². The van der Waals surface area contributed by atoms with Crippen molar-refractivity contribution >= 4 is 17.6 Å². The summed E-state index contributed by atoms with van der Waals surface area (Å²) in [4.78, 5) is 24.0. The van der Waals surface area contributed by atoms with Gasteiger partial charge in [-0.15, -0.1) is 0 Å². The summed E-state index contributed by atoms with van der Waals surface area (Å²) in [6.07, 6.45) is 0. The molecule has 6 nitrogen and oxygen atoms in total. The molecule has 0 spiro atoms. The number of piperazine rings is 1. The average Bonchev–Trinajstić information content (AvgIpc) is 2.39. The summed E-state index contributed by atoms with van der Waals surface area (Å²) < 4.78 is 0. The highest BCUT2D eigenvalue weighted by atomic mass is 16.4. The second-order valence-corrected chi connectivity index (χ2v) is 4.08. The van der Waals surface area contributed by atoms with E-state index in [9.17, 15) is 9.59 Å². The van der Waals surface area contributed by atoms with Gasteiger partial charge in [-0.25, -0.2) is 9.59 Å². The zero-order valence-corrected chi connectivity index (χ0v) is 9.72. The molecule has 0 unspecified atom stereocenters. The van der Waals surface area contributed by atoms with Crippen LogP contribution in [-0.4, -0.2) is 48.3 Å². The van der Waals surface area contributed by atoms with Crippen LogP contribution in [0.25, 0.3) is 0 Å². The molecule has 3 N–H and O–H groups in total. The first kappa shape index (κ1) is 12.4. The quantitative estimate of drug-likeness (QED) is 0.723. The Morgan fingerprint density at radius 3 is 2.33 bits per heavy atom. The third-order valence-electron chi connectivity index (χ3n) is 2.93. The third kappa shape index (κ3) is 2.43. The summed E-state index contributed by atoms with van der Waals surface area (Å²) in [5.74, 6) is -2.09. The van der Waals surface area contributed by atoms with E-state index in [-0.39, 0.29) is 11.1 Å². The van der Waals surface area contributed by atoms with Crippen LogP contribution < -0.4 is 10.2 Å². The van der Waals surface area contributed by atoms with Gasteiger partial charge in [0.25, 0.3) is 0 Å². The molecule has 18 heavy (non-hydrogen) atoms. The first-order chi connectivity index (χ1) is 8.59. The Hall–Kier alpha value is -2.08. The van der Waals surface area contributed by atoms with Crippen molar-refractivity contribution in [2.75, 3.05) is 31.1 Å². The van der Waals surface area contributed by atoms with E-state index in [0.717, 1.165) is 13.1 Å². The van der Waals surface area contributed by atoms with Gasteiger partial charge in [-0.2, -0.15) is 0 Å². The number of hydrogen-bond acceptors (Lipinski definition) is 4. The lowest BCUT2D eigenvalue weighted by molar-refractivity contribution is 0.0681. The maximum atomic E-state index is 11.2. The summed E-state index contributed by atoms with van der Waals surface area (Å²) in [6.45, 7) is 2.86. The van der Waals surface area contributed by atoms with Crippen molar-refractivity contribution in [1.29, 1.82) is 0 Å². The molecule has 6 heteroatoms. The van der Waals surface area contributed by atoms with Crippen molar-refractivity contribution in [2.24, 2.45) is 0 Å². The largest absolute Gasteiger partial charge is 0.478 e. The number of nitrogens with zero attached hydrogens (tertiary/aromatic N) is 1. The molecule has 0 atom stereocenters. The second kappa shape index (κ2) is 5.05. The minimum Gasteiger partial charge on any atom is -0.478 e. The van der Waals surface area contributed by atoms with Crippen LogP contribution in [0.1, 0.15) is 20.7 Å². The van der Waals surface area contributed by atoms with Crippen molar-refractivity contribution in [2.45, 2.75) is 0 Å². The number of carboxylic acids is 2. The van der Waals surface area contributed by atoms with Crippen LogP contribution in [0.15, 0.2) is 18.2 Å². The Kier molecular flexibility index (Phi) is 3.47. The van der Waals surface area contributed by atoms with Crippen LogP contribution in [0.3, 0.4) is 0 Å². The number of anilines is 1. The number of hydrogen-bond donors (Lipinski definition) is 3. The molecule has 1 saturated heterocycles. The highest BCUT2D eigenvalue weighted by Gasteiger charge is 2.19. The van der Waals surface area contributed by atoms with Crippen molar-refractivity contribution in [3.05, 3.63) is 29.3 Å². The lowest BCUT2D eigenvalue weighted by Gasteiger charge is -2.30. The minimum absolute atomic E-state index is 0.105. The molecule has 1 aromatic carbocycles. The molecule has 0 aliphatic carbocycles. The van der Waals surface area contributed by atoms with Crippen LogP contribution in [0.2, 0.25) is 0 Å². The maximum absolute atomic E-state index is 11.2. The van der Waals surface area contributed by atoms with E-state index in [1.807, 2.05) is 4.90 Å². The molecule has 0 saturated carbocycles. The van der Waals surface area contributed by atoms with E-state index in [4.69, 9.17) is 10.2 Å². The van der Waals surface area contributed by atoms with Gasteiger partial charge in [0.15, 0.2) is 0 Å². The van der Waals surface area contributed by atoms with Crippen molar-refractivity contribution < 1.29 is 19.8 Å². The normalized spacial score (nSPS) is 15.4.